The van der Waals surface area contributed by atoms with Crippen molar-refractivity contribution in [1.29, 1.82) is 0 Å². The van der Waals surface area contributed by atoms with Crippen LogP contribution in [0.25, 0.3) is 0 Å². The van der Waals surface area contributed by atoms with E-state index in [0.717, 1.165) is 13.0 Å². The predicted molar refractivity (Wildman–Crippen MR) is 68.8 cm³/mol. The first-order valence-electron chi connectivity index (χ1n) is 6.04. The standard InChI is InChI=1S/C14H21NO2/c1-4-12-7-5-6-8-13(12)10-15-11(2)9-14(16)17-3/h5-8,11,15H,4,9-10H2,1-3H3. The number of carbonyl (C=O) groups is 1. The number of methoxy groups -OCH3 is 1. The second kappa shape index (κ2) is 7.07. The molecule has 0 heterocycles. The van der Waals surface area contributed by atoms with Gasteiger partial charge in [-0.25, -0.2) is 0 Å². The summed E-state index contributed by atoms with van der Waals surface area (Å²) >= 11 is 0. The summed E-state index contributed by atoms with van der Waals surface area (Å²) in [5.74, 6) is -0.172. The van der Waals surface area contributed by atoms with Gasteiger partial charge >= 0.3 is 5.97 Å². The van der Waals surface area contributed by atoms with Crippen molar-refractivity contribution < 1.29 is 9.53 Å². The number of rotatable bonds is 6. The maximum absolute atomic E-state index is 11.1. The van der Waals surface area contributed by atoms with Crippen molar-refractivity contribution in [3.63, 3.8) is 0 Å². The number of benzene rings is 1. The van der Waals surface area contributed by atoms with Crippen LogP contribution in [0.4, 0.5) is 0 Å². The predicted octanol–water partition coefficient (Wildman–Crippen LogP) is 2.29. The maximum atomic E-state index is 11.1. The molecule has 0 bridgehead atoms. The number of hydrogen-bond donors (Lipinski definition) is 1. The lowest BCUT2D eigenvalue weighted by Gasteiger charge is -2.14. The topological polar surface area (TPSA) is 38.3 Å². The normalized spacial score (nSPS) is 12.2. The molecule has 0 saturated carbocycles. The van der Waals surface area contributed by atoms with Crippen LogP contribution in [0.15, 0.2) is 24.3 Å². The third kappa shape index (κ3) is 4.57. The van der Waals surface area contributed by atoms with Crippen molar-refractivity contribution in [3.8, 4) is 0 Å². The smallest absolute Gasteiger partial charge is 0.307 e. The molecule has 17 heavy (non-hydrogen) atoms. The summed E-state index contributed by atoms with van der Waals surface area (Å²) in [6.07, 6.45) is 1.44. The second-order valence-corrected chi connectivity index (χ2v) is 4.18. The molecular weight excluding hydrogens is 214 g/mol. The van der Waals surface area contributed by atoms with Crippen LogP contribution in [-0.2, 0) is 22.5 Å². The third-order valence-electron chi connectivity index (χ3n) is 2.84. The molecule has 0 aliphatic carbocycles. The zero-order valence-electron chi connectivity index (χ0n) is 10.8. The van der Waals surface area contributed by atoms with E-state index in [0.29, 0.717) is 6.42 Å². The van der Waals surface area contributed by atoms with Gasteiger partial charge in [0.15, 0.2) is 0 Å². The van der Waals surface area contributed by atoms with E-state index in [9.17, 15) is 4.79 Å². The van der Waals surface area contributed by atoms with Crippen LogP contribution in [-0.4, -0.2) is 19.1 Å². The Balaban J connectivity index is 2.47. The van der Waals surface area contributed by atoms with E-state index >= 15 is 0 Å². The molecule has 0 saturated heterocycles. The van der Waals surface area contributed by atoms with Crippen molar-refractivity contribution >= 4 is 5.97 Å². The number of carbonyl (C=O) groups excluding carboxylic acids is 1. The van der Waals surface area contributed by atoms with Gasteiger partial charge in [0, 0.05) is 12.6 Å². The summed E-state index contributed by atoms with van der Waals surface area (Å²) < 4.78 is 4.64. The molecule has 0 fully saturated rings. The lowest BCUT2D eigenvalue weighted by molar-refractivity contribution is -0.141. The van der Waals surface area contributed by atoms with E-state index in [4.69, 9.17) is 0 Å². The van der Waals surface area contributed by atoms with Crippen LogP contribution in [0, 0.1) is 0 Å². The number of nitrogens with one attached hydrogen (secondary N) is 1. The summed E-state index contributed by atoms with van der Waals surface area (Å²) in [4.78, 5) is 11.1. The number of aryl methyl sites for hydroxylation is 1. The van der Waals surface area contributed by atoms with E-state index in [1.807, 2.05) is 13.0 Å². The average molecular weight is 235 g/mol. The maximum Gasteiger partial charge on any atom is 0.307 e. The number of esters is 1. The molecule has 0 aromatic heterocycles. The molecule has 1 aromatic rings. The fourth-order valence-corrected chi connectivity index (χ4v) is 1.76. The van der Waals surface area contributed by atoms with Gasteiger partial charge < -0.3 is 10.1 Å². The summed E-state index contributed by atoms with van der Waals surface area (Å²) in [6, 6.07) is 8.49. The van der Waals surface area contributed by atoms with Gasteiger partial charge in [0.05, 0.1) is 13.5 Å². The number of ether oxygens (including phenoxy) is 1. The van der Waals surface area contributed by atoms with Crippen LogP contribution < -0.4 is 5.32 Å². The molecule has 0 radical (unpaired) electrons. The highest BCUT2D eigenvalue weighted by Gasteiger charge is 2.09. The van der Waals surface area contributed by atoms with Gasteiger partial charge in [-0.3, -0.25) is 4.79 Å². The first-order valence-corrected chi connectivity index (χ1v) is 6.04. The van der Waals surface area contributed by atoms with Crippen molar-refractivity contribution in [2.24, 2.45) is 0 Å². The quantitative estimate of drug-likeness (QED) is 0.769. The van der Waals surface area contributed by atoms with E-state index < -0.39 is 0 Å². The first-order chi connectivity index (χ1) is 8.17. The molecule has 0 amide bonds. The Morgan fingerprint density at radius 3 is 2.59 bits per heavy atom. The molecule has 1 N–H and O–H groups in total. The zero-order valence-corrected chi connectivity index (χ0v) is 10.8. The Morgan fingerprint density at radius 2 is 2.00 bits per heavy atom. The van der Waals surface area contributed by atoms with E-state index in [1.54, 1.807) is 0 Å². The minimum Gasteiger partial charge on any atom is -0.469 e. The van der Waals surface area contributed by atoms with Crippen LogP contribution in [0.3, 0.4) is 0 Å². The van der Waals surface area contributed by atoms with Crippen LogP contribution >= 0.6 is 0 Å². The number of hydrogen-bond acceptors (Lipinski definition) is 3. The Bertz CT molecular complexity index is 363. The Hall–Kier alpha value is -1.35. The Kier molecular flexibility index (Phi) is 5.70. The third-order valence-corrected chi connectivity index (χ3v) is 2.84. The summed E-state index contributed by atoms with van der Waals surface area (Å²) in [5.41, 5.74) is 2.65. The average Bonchev–Trinajstić information content (AvgIpc) is 2.36. The SMILES string of the molecule is CCc1ccccc1CNC(C)CC(=O)OC. The van der Waals surface area contributed by atoms with Crippen molar-refractivity contribution in [1.82, 2.24) is 5.32 Å². The molecule has 94 valence electrons. The largest absolute Gasteiger partial charge is 0.469 e. The van der Waals surface area contributed by atoms with Crippen LogP contribution in [0.1, 0.15) is 31.4 Å². The van der Waals surface area contributed by atoms with Crippen molar-refractivity contribution in [2.45, 2.75) is 39.3 Å². The Morgan fingerprint density at radius 1 is 1.35 bits per heavy atom. The van der Waals surface area contributed by atoms with Crippen molar-refractivity contribution in [3.05, 3.63) is 35.4 Å². The molecule has 0 spiro atoms. The summed E-state index contributed by atoms with van der Waals surface area (Å²) in [6.45, 7) is 4.93. The van der Waals surface area contributed by atoms with Gasteiger partial charge in [0.2, 0.25) is 0 Å². The lowest BCUT2D eigenvalue weighted by atomic mass is 10.1. The Labute approximate surface area is 103 Å². The molecule has 0 aliphatic heterocycles. The summed E-state index contributed by atoms with van der Waals surface area (Å²) in [5, 5.41) is 3.34. The van der Waals surface area contributed by atoms with E-state index in [1.165, 1.54) is 18.2 Å². The van der Waals surface area contributed by atoms with Crippen molar-refractivity contribution in [2.75, 3.05) is 7.11 Å². The molecule has 3 heteroatoms. The fraction of sp³-hybridized carbons (Fsp3) is 0.500. The fourth-order valence-electron chi connectivity index (χ4n) is 1.76. The highest BCUT2D eigenvalue weighted by Crippen LogP contribution is 2.09. The molecule has 3 nitrogen and oxygen atoms in total. The second-order valence-electron chi connectivity index (χ2n) is 4.18. The molecule has 1 rings (SSSR count). The van der Waals surface area contributed by atoms with Crippen LogP contribution in [0.5, 0.6) is 0 Å². The van der Waals surface area contributed by atoms with Gasteiger partial charge in [-0.2, -0.15) is 0 Å². The van der Waals surface area contributed by atoms with Crippen LogP contribution in [0.2, 0.25) is 0 Å². The molecule has 0 aliphatic rings. The highest BCUT2D eigenvalue weighted by atomic mass is 16.5. The van der Waals surface area contributed by atoms with E-state index in [2.05, 4.69) is 35.2 Å². The molecular formula is C14H21NO2. The van der Waals surface area contributed by atoms with Gasteiger partial charge in [-0.05, 0) is 24.5 Å². The van der Waals surface area contributed by atoms with Gasteiger partial charge in [-0.15, -0.1) is 0 Å². The zero-order chi connectivity index (χ0) is 12.7. The van der Waals surface area contributed by atoms with Gasteiger partial charge in [0.1, 0.15) is 0 Å². The lowest BCUT2D eigenvalue weighted by Crippen LogP contribution is -2.28. The molecule has 1 atom stereocenters. The minimum absolute atomic E-state index is 0.132. The van der Waals surface area contributed by atoms with Gasteiger partial charge in [-0.1, -0.05) is 31.2 Å². The van der Waals surface area contributed by atoms with Gasteiger partial charge in [0.25, 0.3) is 0 Å². The molecule has 1 aromatic carbocycles. The highest BCUT2D eigenvalue weighted by molar-refractivity contribution is 5.69. The molecule has 1 unspecified atom stereocenters. The first kappa shape index (κ1) is 13.7. The minimum atomic E-state index is -0.172. The summed E-state index contributed by atoms with van der Waals surface area (Å²) in [7, 11) is 1.42. The monoisotopic (exact) mass is 235 g/mol. The van der Waals surface area contributed by atoms with E-state index in [-0.39, 0.29) is 12.0 Å².